The summed E-state index contributed by atoms with van der Waals surface area (Å²) in [5, 5.41) is 35.6. The highest BCUT2D eigenvalue weighted by Gasteiger charge is 2.49. The van der Waals surface area contributed by atoms with Crippen LogP contribution in [0.15, 0.2) is 111 Å². The third-order valence-corrected chi connectivity index (χ3v) is 9.79. The molecular formula is C37H47FN16O3. The highest BCUT2D eigenvalue weighted by molar-refractivity contribution is 6.00. The zero-order valence-corrected chi connectivity index (χ0v) is 30.7. The van der Waals surface area contributed by atoms with Crippen molar-refractivity contribution in [2.45, 2.75) is 26.9 Å². The van der Waals surface area contributed by atoms with Gasteiger partial charge in [0, 0.05) is 73.0 Å². The van der Waals surface area contributed by atoms with Crippen molar-refractivity contribution in [2.75, 3.05) is 56.0 Å². The summed E-state index contributed by atoms with van der Waals surface area (Å²) in [6.45, 7) is 5.27. The molecule has 2 aliphatic rings. The lowest BCUT2D eigenvalue weighted by Gasteiger charge is -2.37. The van der Waals surface area contributed by atoms with E-state index in [1.54, 1.807) is 43.6 Å². The average Bonchev–Trinajstić information content (AvgIpc) is 3.84. The lowest BCUT2D eigenvalue weighted by atomic mass is 9.80. The van der Waals surface area contributed by atoms with E-state index < -0.39 is 11.5 Å². The largest absolute Gasteiger partial charge is 0.392 e. The van der Waals surface area contributed by atoms with Gasteiger partial charge in [-0.05, 0) is 114 Å². The van der Waals surface area contributed by atoms with E-state index in [1.165, 1.54) is 12.1 Å². The molecule has 2 aliphatic heterocycles. The summed E-state index contributed by atoms with van der Waals surface area (Å²) in [5.74, 6) is 4.55. The number of H-pyrrole nitrogens is 1. The molecule has 0 saturated carbocycles. The molecule has 57 heavy (non-hydrogen) atoms. The topological polar surface area (TPSA) is 277 Å². The van der Waals surface area contributed by atoms with Crippen LogP contribution in [0.3, 0.4) is 0 Å². The summed E-state index contributed by atoms with van der Waals surface area (Å²) in [4.78, 5) is 41.9. The standard InChI is InChI=1S/C36H37FN8O3.CH4.H3N7.H3N/c1-24(46)36(35(48)40-28-9-12-31-30(21-28)33(42-41-31)25-3-7-27(37)8-4-25)13-16-43(23-36)22-32(47)45-19-17-44(18-20-45)29-10-5-26(6-11-29)34-38-14-2-15-39-34;;1-3-5-7-6-4-2;/h2-12,14-15,21,24,46H,13,16-20,22-23H2,1H3,(H,40,48)(H,41,42);1H4;(H3,1,2,5,6);1H3. The molecule has 2 aromatic heterocycles. The normalized spacial score (nSPS) is 17.4. The zero-order valence-electron chi connectivity index (χ0n) is 30.7. The van der Waals surface area contributed by atoms with Gasteiger partial charge in [0.2, 0.25) is 11.8 Å². The number of likely N-dealkylation sites (tertiary alicyclic amines) is 1. The van der Waals surface area contributed by atoms with Gasteiger partial charge in [-0.3, -0.25) is 19.6 Å². The van der Waals surface area contributed by atoms with Crippen molar-refractivity contribution >= 4 is 34.1 Å². The number of carbonyl (C=O) groups excluding carboxylic acids is 2. The minimum absolute atomic E-state index is 0. The predicted molar refractivity (Wildman–Crippen MR) is 212 cm³/mol. The van der Waals surface area contributed by atoms with Gasteiger partial charge in [0.15, 0.2) is 5.82 Å². The molecule has 2 unspecified atom stereocenters. The van der Waals surface area contributed by atoms with E-state index in [2.05, 4.69) is 74.5 Å². The van der Waals surface area contributed by atoms with Crippen molar-refractivity contribution in [1.82, 2.24) is 36.1 Å². The van der Waals surface area contributed by atoms with Crippen LogP contribution in [-0.4, -0.2) is 98.8 Å². The highest BCUT2D eigenvalue weighted by Crippen LogP contribution is 2.36. The minimum atomic E-state index is -1.07. The smallest absolute Gasteiger partial charge is 0.236 e. The molecule has 2 fully saturated rings. The Morgan fingerprint density at radius 3 is 2.32 bits per heavy atom. The Morgan fingerprint density at radius 2 is 1.67 bits per heavy atom. The number of piperazine rings is 1. The summed E-state index contributed by atoms with van der Waals surface area (Å²) in [5.41, 5.74) is 9.71. The van der Waals surface area contributed by atoms with E-state index in [1.807, 2.05) is 34.1 Å². The number of aromatic amines is 1. The molecule has 0 spiro atoms. The third-order valence-electron chi connectivity index (χ3n) is 9.79. The van der Waals surface area contributed by atoms with Gasteiger partial charge in [-0.25, -0.2) is 14.4 Å². The molecule has 0 radical (unpaired) electrons. The number of halogens is 1. The fourth-order valence-corrected chi connectivity index (χ4v) is 6.78. The van der Waals surface area contributed by atoms with Crippen LogP contribution in [0.1, 0.15) is 20.8 Å². The van der Waals surface area contributed by atoms with Gasteiger partial charge in [-0.2, -0.15) is 10.6 Å². The second kappa shape index (κ2) is 19.8. The lowest BCUT2D eigenvalue weighted by molar-refractivity contribution is -0.134. The molecule has 0 bridgehead atoms. The Bertz CT molecular complexity index is 2140. The van der Waals surface area contributed by atoms with Crippen molar-refractivity contribution in [3.63, 3.8) is 0 Å². The van der Waals surface area contributed by atoms with Gasteiger partial charge < -0.3 is 32.2 Å². The number of hydrogen-bond acceptors (Lipinski definition) is 11. The van der Waals surface area contributed by atoms with Crippen molar-refractivity contribution in [1.29, 1.82) is 5.53 Å². The molecule has 4 heterocycles. The molecule has 2 atom stereocenters. The van der Waals surface area contributed by atoms with Crippen LogP contribution < -0.4 is 22.2 Å². The molecule has 3 aromatic carbocycles. The van der Waals surface area contributed by atoms with Crippen molar-refractivity contribution < 1.29 is 19.1 Å². The average molecular weight is 783 g/mol. The van der Waals surface area contributed by atoms with E-state index in [0.717, 1.165) is 40.8 Å². The van der Waals surface area contributed by atoms with E-state index in [-0.39, 0.29) is 44.3 Å². The summed E-state index contributed by atoms with van der Waals surface area (Å²) in [7, 11) is 0. The van der Waals surface area contributed by atoms with E-state index in [0.29, 0.717) is 43.3 Å². The second-order valence-corrected chi connectivity index (χ2v) is 13.1. The Kier molecular flexibility index (Phi) is 15.0. The number of hydrogen-bond donors (Lipinski definition) is 6. The number of carbonyl (C=O) groups is 2. The number of nitrogens with two attached hydrogens (primary N) is 1. The molecular weight excluding hydrogens is 736 g/mol. The Morgan fingerprint density at radius 1 is 0.982 bits per heavy atom. The number of nitrogens with one attached hydrogen (secondary N) is 3. The second-order valence-electron chi connectivity index (χ2n) is 13.1. The summed E-state index contributed by atoms with van der Waals surface area (Å²) >= 11 is 0. The van der Waals surface area contributed by atoms with Gasteiger partial charge in [-0.15, -0.1) is 0 Å². The Hall–Kier alpha value is -6.64. The molecule has 5 aromatic rings. The number of anilines is 2. The number of nitrogens with zero attached hydrogens (tertiary/aromatic N) is 11. The summed E-state index contributed by atoms with van der Waals surface area (Å²) in [6, 6.07) is 21.5. The molecule has 2 saturated heterocycles. The fraction of sp³-hybridized carbons (Fsp3) is 0.324. The highest BCUT2D eigenvalue weighted by atomic mass is 19.1. The van der Waals surface area contributed by atoms with E-state index in [4.69, 9.17) is 5.53 Å². The first kappa shape index (κ1) is 43.1. The first-order valence-electron chi connectivity index (χ1n) is 17.4. The predicted octanol–water partition coefficient (Wildman–Crippen LogP) is 5.61. The van der Waals surface area contributed by atoms with Gasteiger partial charge in [0.1, 0.15) is 5.82 Å². The van der Waals surface area contributed by atoms with Gasteiger partial charge >= 0.3 is 0 Å². The van der Waals surface area contributed by atoms with Crippen molar-refractivity contribution in [3.05, 3.63) is 91.0 Å². The number of aromatic nitrogens is 4. The van der Waals surface area contributed by atoms with Gasteiger partial charge in [-0.1, -0.05) is 12.6 Å². The van der Waals surface area contributed by atoms with Crippen molar-refractivity contribution in [3.8, 4) is 22.6 Å². The lowest BCUT2D eigenvalue weighted by Crippen LogP contribution is -2.52. The Balaban J connectivity index is 0.000000734. The van der Waals surface area contributed by atoms with Gasteiger partial charge in [0.25, 0.3) is 0 Å². The molecule has 0 aliphatic carbocycles. The van der Waals surface area contributed by atoms with Crippen LogP contribution in [0.25, 0.3) is 33.5 Å². The van der Waals surface area contributed by atoms with E-state index in [9.17, 15) is 19.1 Å². The van der Waals surface area contributed by atoms with E-state index >= 15 is 0 Å². The number of aliphatic hydroxyl groups excluding tert-OH is 1. The minimum Gasteiger partial charge on any atom is -0.392 e. The fourth-order valence-electron chi connectivity index (χ4n) is 6.78. The molecule has 7 rings (SSSR count). The van der Waals surface area contributed by atoms with Crippen LogP contribution in [0, 0.1) is 16.8 Å². The number of amides is 2. The third kappa shape index (κ3) is 10.2. The monoisotopic (exact) mass is 782 g/mol. The molecule has 300 valence electrons. The number of aliphatic hydroxyl groups is 1. The maximum Gasteiger partial charge on any atom is 0.236 e. The first-order valence-corrected chi connectivity index (χ1v) is 17.4. The Labute approximate surface area is 328 Å². The SMILES string of the molecule is C.CC(O)C1(C(=O)Nc2ccc3[nH]nc(-c4ccc(F)cc4)c3c2)CCN(CC(=O)N2CCN(c3ccc(-c4ncccn4)cc3)CC2)C1.N.N=N/N=N/N=N/N. The number of fused-ring (bicyclic) bond motifs is 1. The molecule has 9 N–H and O–H groups in total. The number of rotatable bonds is 10. The van der Waals surface area contributed by atoms with Crippen LogP contribution in [0.2, 0.25) is 0 Å². The summed E-state index contributed by atoms with van der Waals surface area (Å²) < 4.78 is 13.5. The van der Waals surface area contributed by atoms with Crippen LogP contribution in [-0.2, 0) is 9.59 Å². The van der Waals surface area contributed by atoms with Crippen molar-refractivity contribution in [2.24, 2.45) is 37.4 Å². The first-order chi connectivity index (χ1) is 26.7. The van der Waals surface area contributed by atoms with Gasteiger partial charge in [0.05, 0.1) is 29.3 Å². The van der Waals surface area contributed by atoms with Crippen LogP contribution in [0.5, 0.6) is 0 Å². The quantitative estimate of drug-likeness (QED) is 0.0578. The molecule has 2 amide bonds. The molecule has 20 heteroatoms. The van der Waals surface area contributed by atoms with Crippen LogP contribution in [0.4, 0.5) is 15.8 Å². The maximum absolute atomic E-state index is 13.8. The summed E-state index contributed by atoms with van der Waals surface area (Å²) in [6.07, 6.45) is 2.96. The molecule has 19 nitrogen and oxygen atoms in total. The van der Waals surface area contributed by atoms with Crippen LogP contribution >= 0.6 is 0 Å². The number of benzene rings is 3. The zero-order chi connectivity index (χ0) is 38.8. The maximum atomic E-state index is 13.8.